The first-order valence-electron chi connectivity index (χ1n) is 6.64. The van der Waals surface area contributed by atoms with E-state index in [0.29, 0.717) is 6.04 Å². The molecule has 1 N–H and O–H groups in total. The van der Waals surface area contributed by atoms with Crippen molar-refractivity contribution in [2.75, 3.05) is 6.54 Å². The molecule has 0 saturated heterocycles. The van der Waals surface area contributed by atoms with Gasteiger partial charge in [-0.3, -0.25) is 0 Å². The number of hydrogen-bond donors (Lipinski definition) is 1. The van der Waals surface area contributed by atoms with Crippen molar-refractivity contribution in [3.05, 3.63) is 24.2 Å². The molecule has 2 rings (SSSR count). The van der Waals surface area contributed by atoms with E-state index in [0.717, 1.165) is 18.9 Å². The van der Waals surface area contributed by atoms with Gasteiger partial charge in [0.2, 0.25) is 0 Å². The summed E-state index contributed by atoms with van der Waals surface area (Å²) in [4.78, 5) is 0. The molecular weight excluding hydrogens is 198 g/mol. The Morgan fingerprint density at radius 3 is 2.88 bits per heavy atom. The predicted molar refractivity (Wildman–Crippen MR) is 66.5 cm³/mol. The molecular formula is C14H23NO. The summed E-state index contributed by atoms with van der Waals surface area (Å²) in [6.45, 7) is 3.30. The quantitative estimate of drug-likeness (QED) is 0.796. The van der Waals surface area contributed by atoms with Crippen LogP contribution in [-0.4, -0.2) is 12.6 Å². The van der Waals surface area contributed by atoms with Crippen LogP contribution in [0.2, 0.25) is 0 Å². The van der Waals surface area contributed by atoms with E-state index in [4.69, 9.17) is 4.42 Å². The zero-order valence-electron chi connectivity index (χ0n) is 10.2. The van der Waals surface area contributed by atoms with Crippen molar-refractivity contribution < 1.29 is 4.42 Å². The fourth-order valence-corrected chi connectivity index (χ4v) is 2.88. The predicted octanol–water partition coefficient (Wildman–Crippen LogP) is 3.38. The Bertz CT molecular complexity index is 275. The number of nitrogens with one attached hydrogen (secondary N) is 1. The van der Waals surface area contributed by atoms with E-state index in [1.807, 2.05) is 6.26 Å². The summed E-state index contributed by atoms with van der Waals surface area (Å²) >= 11 is 0. The average Bonchev–Trinajstić information content (AvgIpc) is 2.96. The molecule has 0 aromatic carbocycles. The molecule has 1 aliphatic carbocycles. The Morgan fingerprint density at radius 1 is 1.44 bits per heavy atom. The van der Waals surface area contributed by atoms with Crippen LogP contribution in [0.25, 0.3) is 0 Å². The first kappa shape index (κ1) is 11.7. The lowest BCUT2D eigenvalue weighted by Crippen LogP contribution is -2.35. The van der Waals surface area contributed by atoms with Crippen LogP contribution in [0, 0.1) is 5.92 Å². The van der Waals surface area contributed by atoms with Gasteiger partial charge in [-0.1, -0.05) is 19.8 Å². The van der Waals surface area contributed by atoms with Crippen LogP contribution in [0.5, 0.6) is 0 Å². The highest BCUT2D eigenvalue weighted by molar-refractivity contribution is 5.05. The maximum Gasteiger partial charge on any atom is 0.0934 e. The minimum Gasteiger partial charge on any atom is -0.472 e. The molecule has 1 aromatic heterocycles. The second-order valence-electron chi connectivity index (χ2n) is 4.88. The third-order valence-electron chi connectivity index (χ3n) is 3.76. The van der Waals surface area contributed by atoms with E-state index in [-0.39, 0.29) is 0 Å². The molecule has 2 heteroatoms. The van der Waals surface area contributed by atoms with Crippen LogP contribution >= 0.6 is 0 Å². The fraction of sp³-hybridized carbons (Fsp3) is 0.714. The Balaban J connectivity index is 1.82. The second kappa shape index (κ2) is 6.09. The molecule has 1 aromatic rings. The van der Waals surface area contributed by atoms with Gasteiger partial charge in [0.15, 0.2) is 0 Å². The molecule has 0 spiro atoms. The fourth-order valence-electron chi connectivity index (χ4n) is 2.88. The first-order chi connectivity index (χ1) is 7.90. The van der Waals surface area contributed by atoms with E-state index < -0.39 is 0 Å². The minimum absolute atomic E-state index is 0.711. The molecule has 0 bridgehead atoms. The Labute approximate surface area is 98.4 Å². The van der Waals surface area contributed by atoms with E-state index in [2.05, 4.69) is 18.3 Å². The van der Waals surface area contributed by atoms with Crippen molar-refractivity contribution in [1.82, 2.24) is 5.32 Å². The van der Waals surface area contributed by atoms with E-state index in [1.165, 1.54) is 37.7 Å². The lowest BCUT2D eigenvalue weighted by Gasteiger charge is -2.24. The molecule has 90 valence electrons. The van der Waals surface area contributed by atoms with Gasteiger partial charge in [-0.15, -0.1) is 0 Å². The van der Waals surface area contributed by atoms with Crippen LogP contribution in [0.4, 0.5) is 0 Å². The van der Waals surface area contributed by atoms with Gasteiger partial charge in [0, 0.05) is 6.04 Å². The summed E-state index contributed by atoms with van der Waals surface area (Å²) in [6.07, 6.45) is 11.7. The van der Waals surface area contributed by atoms with Crippen LogP contribution in [-0.2, 0) is 6.42 Å². The number of rotatable bonds is 6. The first-order valence-corrected chi connectivity index (χ1v) is 6.64. The van der Waals surface area contributed by atoms with E-state index in [9.17, 15) is 0 Å². The van der Waals surface area contributed by atoms with Crippen molar-refractivity contribution in [1.29, 1.82) is 0 Å². The number of furan rings is 1. The minimum atomic E-state index is 0.711. The lowest BCUT2D eigenvalue weighted by molar-refractivity contribution is 0.346. The highest BCUT2D eigenvalue weighted by Crippen LogP contribution is 2.29. The summed E-state index contributed by atoms with van der Waals surface area (Å²) in [6, 6.07) is 2.79. The van der Waals surface area contributed by atoms with Gasteiger partial charge in [0.25, 0.3) is 0 Å². The SMILES string of the molecule is CCNC(CCc1ccoc1)C1CCCC1. The zero-order chi connectivity index (χ0) is 11.2. The normalized spacial score (nSPS) is 19.1. The Hall–Kier alpha value is -0.760. The van der Waals surface area contributed by atoms with Crippen LogP contribution < -0.4 is 5.32 Å². The Morgan fingerprint density at radius 2 is 2.25 bits per heavy atom. The number of hydrogen-bond acceptors (Lipinski definition) is 2. The summed E-state index contributed by atoms with van der Waals surface area (Å²) in [5, 5.41) is 3.66. The van der Waals surface area contributed by atoms with Crippen LogP contribution in [0.15, 0.2) is 23.0 Å². The van der Waals surface area contributed by atoms with Crippen molar-refractivity contribution in [2.45, 2.75) is 51.5 Å². The molecule has 1 unspecified atom stereocenters. The average molecular weight is 221 g/mol. The molecule has 2 nitrogen and oxygen atoms in total. The molecule has 1 fully saturated rings. The van der Waals surface area contributed by atoms with Gasteiger partial charge >= 0.3 is 0 Å². The molecule has 1 heterocycles. The summed E-state index contributed by atoms with van der Waals surface area (Å²) < 4.78 is 5.11. The van der Waals surface area contributed by atoms with Crippen molar-refractivity contribution in [2.24, 2.45) is 5.92 Å². The molecule has 0 amide bonds. The summed E-state index contributed by atoms with van der Waals surface area (Å²) in [7, 11) is 0. The lowest BCUT2D eigenvalue weighted by atomic mass is 9.93. The molecule has 1 aliphatic rings. The number of aryl methyl sites for hydroxylation is 1. The molecule has 0 aliphatic heterocycles. The third-order valence-corrected chi connectivity index (χ3v) is 3.76. The topological polar surface area (TPSA) is 25.2 Å². The van der Waals surface area contributed by atoms with Crippen LogP contribution in [0.1, 0.15) is 44.6 Å². The van der Waals surface area contributed by atoms with Gasteiger partial charge in [-0.25, -0.2) is 0 Å². The molecule has 0 radical (unpaired) electrons. The molecule has 1 saturated carbocycles. The molecule has 1 atom stereocenters. The standard InChI is InChI=1S/C14H23NO/c1-2-15-14(13-5-3-4-6-13)8-7-12-9-10-16-11-12/h9-11,13-15H,2-8H2,1H3. The molecule has 16 heavy (non-hydrogen) atoms. The summed E-state index contributed by atoms with van der Waals surface area (Å²) in [5.74, 6) is 0.909. The van der Waals surface area contributed by atoms with Gasteiger partial charge in [-0.05, 0) is 49.8 Å². The van der Waals surface area contributed by atoms with Crippen molar-refractivity contribution in [3.63, 3.8) is 0 Å². The van der Waals surface area contributed by atoms with Gasteiger partial charge in [0.05, 0.1) is 12.5 Å². The van der Waals surface area contributed by atoms with E-state index >= 15 is 0 Å². The Kier molecular flexibility index (Phi) is 4.46. The highest BCUT2D eigenvalue weighted by Gasteiger charge is 2.23. The second-order valence-corrected chi connectivity index (χ2v) is 4.88. The maximum atomic E-state index is 5.11. The van der Waals surface area contributed by atoms with Crippen molar-refractivity contribution in [3.8, 4) is 0 Å². The van der Waals surface area contributed by atoms with Gasteiger partial charge < -0.3 is 9.73 Å². The largest absolute Gasteiger partial charge is 0.472 e. The monoisotopic (exact) mass is 221 g/mol. The van der Waals surface area contributed by atoms with Crippen molar-refractivity contribution >= 4 is 0 Å². The van der Waals surface area contributed by atoms with E-state index in [1.54, 1.807) is 6.26 Å². The highest BCUT2D eigenvalue weighted by atomic mass is 16.3. The zero-order valence-corrected chi connectivity index (χ0v) is 10.2. The summed E-state index contributed by atoms with van der Waals surface area (Å²) in [5.41, 5.74) is 1.33. The van der Waals surface area contributed by atoms with Crippen LogP contribution in [0.3, 0.4) is 0 Å². The third kappa shape index (κ3) is 3.11. The smallest absolute Gasteiger partial charge is 0.0934 e. The maximum absolute atomic E-state index is 5.11. The van der Waals surface area contributed by atoms with Gasteiger partial charge in [-0.2, -0.15) is 0 Å². The van der Waals surface area contributed by atoms with Gasteiger partial charge in [0.1, 0.15) is 0 Å².